The third-order valence-electron chi connectivity index (χ3n) is 4.62. The summed E-state index contributed by atoms with van der Waals surface area (Å²) in [6.07, 6.45) is -2.26. The fourth-order valence-corrected chi connectivity index (χ4v) is 3.76. The Bertz CT molecular complexity index is 946. The summed E-state index contributed by atoms with van der Waals surface area (Å²) in [6, 6.07) is 5.81. The topological polar surface area (TPSA) is 72.1 Å². The highest BCUT2D eigenvalue weighted by Gasteiger charge is 2.33. The fraction of sp³-hybridized carbons (Fsp3) is 0.333. The molecule has 4 heterocycles. The van der Waals surface area contributed by atoms with Crippen LogP contribution in [-0.2, 0) is 6.18 Å². The number of piperidine rings is 1. The van der Waals surface area contributed by atoms with Crippen LogP contribution in [-0.4, -0.2) is 39.0 Å². The molecule has 1 fully saturated rings. The van der Waals surface area contributed by atoms with Crippen LogP contribution >= 0.6 is 11.3 Å². The Kier molecular flexibility index (Phi) is 4.88. The van der Waals surface area contributed by atoms with Crippen LogP contribution < -0.4 is 0 Å². The number of hydrogen-bond acceptors (Lipinski definition) is 6. The summed E-state index contributed by atoms with van der Waals surface area (Å²) in [5, 5.41) is 5.94. The molecule has 4 rings (SSSR count). The molecule has 0 saturated carbocycles. The molecule has 3 aromatic heterocycles. The molecule has 6 nitrogen and oxygen atoms in total. The van der Waals surface area contributed by atoms with E-state index in [2.05, 4.69) is 15.1 Å². The highest BCUT2D eigenvalue weighted by atomic mass is 32.1. The van der Waals surface area contributed by atoms with E-state index in [1.54, 1.807) is 4.90 Å². The molecule has 0 N–H and O–H groups in total. The second kappa shape index (κ2) is 7.34. The van der Waals surface area contributed by atoms with Crippen molar-refractivity contribution in [3.63, 3.8) is 0 Å². The lowest BCUT2D eigenvalue weighted by molar-refractivity contribution is -0.141. The molecule has 10 heteroatoms. The van der Waals surface area contributed by atoms with E-state index in [0.717, 1.165) is 23.2 Å². The van der Waals surface area contributed by atoms with Crippen LogP contribution in [0.15, 0.2) is 40.4 Å². The minimum Gasteiger partial charge on any atom is -0.339 e. The van der Waals surface area contributed by atoms with Gasteiger partial charge in [0.1, 0.15) is 5.69 Å². The first-order chi connectivity index (χ1) is 13.4. The number of likely N-dealkylation sites (tertiary alicyclic amines) is 1. The van der Waals surface area contributed by atoms with Crippen molar-refractivity contribution >= 4 is 17.2 Å². The summed E-state index contributed by atoms with van der Waals surface area (Å²) in [4.78, 5) is 22.9. The third kappa shape index (κ3) is 3.77. The molecule has 0 aliphatic carbocycles. The van der Waals surface area contributed by atoms with Crippen molar-refractivity contribution in [1.29, 1.82) is 0 Å². The van der Waals surface area contributed by atoms with Gasteiger partial charge in [0.25, 0.3) is 5.91 Å². The van der Waals surface area contributed by atoms with Gasteiger partial charge in [0.15, 0.2) is 0 Å². The SMILES string of the molecule is O=C(c1ccc(C(F)(F)F)nc1)N1CCC(c2nc(-c3cccs3)no2)CC1. The number of halogens is 3. The molecule has 0 atom stereocenters. The van der Waals surface area contributed by atoms with Crippen LogP contribution in [0.4, 0.5) is 13.2 Å². The summed E-state index contributed by atoms with van der Waals surface area (Å²) in [6.45, 7) is 0.919. The first kappa shape index (κ1) is 18.6. The molecule has 1 aliphatic rings. The number of carbonyl (C=O) groups excluding carboxylic acids is 1. The normalized spacial score (nSPS) is 15.8. The molecule has 28 heavy (non-hydrogen) atoms. The van der Waals surface area contributed by atoms with Crippen molar-refractivity contribution in [3.8, 4) is 10.7 Å². The molecule has 0 unspecified atom stereocenters. The lowest BCUT2D eigenvalue weighted by Gasteiger charge is -2.30. The van der Waals surface area contributed by atoms with Gasteiger partial charge in [-0.15, -0.1) is 11.3 Å². The monoisotopic (exact) mass is 408 g/mol. The van der Waals surface area contributed by atoms with Gasteiger partial charge in [0.2, 0.25) is 11.7 Å². The molecule has 0 bridgehead atoms. The number of hydrogen-bond donors (Lipinski definition) is 0. The Hall–Kier alpha value is -2.75. The van der Waals surface area contributed by atoms with E-state index in [1.807, 2.05) is 17.5 Å². The molecule has 1 saturated heterocycles. The van der Waals surface area contributed by atoms with E-state index in [1.165, 1.54) is 11.3 Å². The molecular formula is C18H15F3N4O2S. The van der Waals surface area contributed by atoms with Gasteiger partial charge in [-0.2, -0.15) is 18.2 Å². The van der Waals surface area contributed by atoms with Crippen molar-refractivity contribution in [3.05, 3.63) is 53.0 Å². The number of pyridine rings is 1. The highest BCUT2D eigenvalue weighted by molar-refractivity contribution is 7.13. The van der Waals surface area contributed by atoms with Gasteiger partial charge in [-0.25, -0.2) is 0 Å². The van der Waals surface area contributed by atoms with Crippen LogP contribution in [0.25, 0.3) is 10.7 Å². The van der Waals surface area contributed by atoms with Crippen LogP contribution in [0.3, 0.4) is 0 Å². The van der Waals surface area contributed by atoms with Crippen molar-refractivity contribution in [2.75, 3.05) is 13.1 Å². The summed E-state index contributed by atoms with van der Waals surface area (Å²) >= 11 is 1.53. The van der Waals surface area contributed by atoms with Crippen LogP contribution in [0.2, 0.25) is 0 Å². The van der Waals surface area contributed by atoms with Crippen LogP contribution in [0.1, 0.15) is 40.7 Å². The van der Waals surface area contributed by atoms with Gasteiger partial charge in [-0.05, 0) is 36.4 Å². The first-order valence-electron chi connectivity index (χ1n) is 8.62. The number of carbonyl (C=O) groups is 1. The molecule has 0 radical (unpaired) electrons. The van der Waals surface area contributed by atoms with Gasteiger partial charge in [-0.3, -0.25) is 9.78 Å². The molecule has 1 aliphatic heterocycles. The Labute approximate surface area is 162 Å². The zero-order valence-corrected chi connectivity index (χ0v) is 15.3. The summed E-state index contributed by atoms with van der Waals surface area (Å²) in [7, 11) is 0. The lowest BCUT2D eigenvalue weighted by atomic mass is 9.96. The van der Waals surface area contributed by atoms with Crippen LogP contribution in [0, 0.1) is 0 Å². The number of thiophene rings is 1. The van der Waals surface area contributed by atoms with E-state index >= 15 is 0 Å². The number of amides is 1. The predicted octanol–water partition coefficient (Wildman–Crippen LogP) is 4.23. The Morgan fingerprint density at radius 1 is 1.21 bits per heavy atom. The van der Waals surface area contributed by atoms with E-state index < -0.39 is 11.9 Å². The number of alkyl halides is 3. The van der Waals surface area contributed by atoms with Crippen molar-refractivity contribution in [2.45, 2.75) is 24.9 Å². The Morgan fingerprint density at radius 3 is 2.61 bits per heavy atom. The largest absolute Gasteiger partial charge is 0.433 e. The number of aromatic nitrogens is 3. The second-order valence-electron chi connectivity index (χ2n) is 6.43. The predicted molar refractivity (Wildman–Crippen MR) is 94.7 cm³/mol. The van der Waals surface area contributed by atoms with Gasteiger partial charge in [-0.1, -0.05) is 11.2 Å². The number of nitrogens with zero attached hydrogens (tertiary/aromatic N) is 4. The zero-order valence-electron chi connectivity index (χ0n) is 14.5. The number of rotatable bonds is 3. The minimum atomic E-state index is -4.52. The van der Waals surface area contributed by atoms with Crippen LogP contribution in [0.5, 0.6) is 0 Å². The van der Waals surface area contributed by atoms with Crippen molar-refractivity contribution in [2.24, 2.45) is 0 Å². The smallest absolute Gasteiger partial charge is 0.339 e. The van der Waals surface area contributed by atoms with Crippen molar-refractivity contribution in [1.82, 2.24) is 20.0 Å². The fourth-order valence-electron chi connectivity index (χ4n) is 3.11. The Balaban J connectivity index is 1.38. The lowest BCUT2D eigenvalue weighted by Crippen LogP contribution is -2.38. The summed E-state index contributed by atoms with van der Waals surface area (Å²) < 4.78 is 43.2. The zero-order chi connectivity index (χ0) is 19.7. The third-order valence-corrected chi connectivity index (χ3v) is 5.48. The van der Waals surface area contributed by atoms with E-state index in [9.17, 15) is 18.0 Å². The molecule has 1 amide bonds. The molecule has 146 valence electrons. The molecule has 3 aromatic rings. The Morgan fingerprint density at radius 2 is 2.00 bits per heavy atom. The second-order valence-corrected chi connectivity index (χ2v) is 7.38. The van der Waals surface area contributed by atoms with E-state index in [0.29, 0.717) is 37.6 Å². The maximum absolute atomic E-state index is 12.6. The quantitative estimate of drug-likeness (QED) is 0.649. The standard InChI is InChI=1S/C18H15F3N4O2S/c19-18(20,21)14-4-3-12(10-22-14)17(26)25-7-5-11(6-8-25)16-23-15(24-27-16)13-2-1-9-28-13/h1-4,9-11H,5-8H2. The van der Waals surface area contributed by atoms with Gasteiger partial charge in [0, 0.05) is 25.2 Å². The highest BCUT2D eigenvalue weighted by Crippen LogP contribution is 2.31. The van der Waals surface area contributed by atoms with Gasteiger partial charge < -0.3 is 9.42 Å². The first-order valence-corrected chi connectivity index (χ1v) is 9.50. The maximum atomic E-state index is 12.6. The molecule has 0 aromatic carbocycles. The average molecular weight is 408 g/mol. The van der Waals surface area contributed by atoms with Crippen molar-refractivity contribution < 1.29 is 22.5 Å². The summed E-state index contributed by atoms with van der Waals surface area (Å²) in [5.74, 6) is 0.825. The molecular weight excluding hydrogens is 393 g/mol. The average Bonchev–Trinajstić information content (AvgIpc) is 3.38. The van der Waals surface area contributed by atoms with Gasteiger partial charge in [0.05, 0.1) is 10.4 Å². The summed E-state index contributed by atoms with van der Waals surface area (Å²) in [5.41, 5.74) is -0.870. The minimum absolute atomic E-state index is 0.0518. The van der Waals surface area contributed by atoms with E-state index in [4.69, 9.17) is 4.52 Å². The van der Waals surface area contributed by atoms with E-state index in [-0.39, 0.29) is 17.4 Å². The van der Waals surface area contributed by atoms with Gasteiger partial charge >= 0.3 is 6.18 Å². The molecule has 0 spiro atoms. The maximum Gasteiger partial charge on any atom is 0.433 e.